The third-order valence-electron chi connectivity index (χ3n) is 14.5. The van der Waals surface area contributed by atoms with Crippen LogP contribution in [0.15, 0.2) is 114 Å². The van der Waals surface area contributed by atoms with Crippen LogP contribution in [0.1, 0.15) is 86.7 Å². The highest BCUT2D eigenvalue weighted by Gasteiger charge is 2.78. The topological polar surface area (TPSA) is 221 Å². The van der Waals surface area contributed by atoms with Crippen LogP contribution in [-0.4, -0.2) is 105 Å². The molecule has 4 aromatic rings. The second-order valence-electron chi connectivity index (χ2n) is 18.5. The molecule has 8 rings (SSSR count). The number of fused-ring (bicyclic) bond motifs is 6. The monoisotopic (exact) mass is 903 g/mol. The number of benzene rings is 4. The highest BCUT2D eigenvalue weighted by molar-refractivity contribution is 5.97. The van der Waals surface area contributed by atoms with E-state index in [-0.39, 0.29) is 35.3 Å². The van der Waals surface area contributed by atoms with Crippen LogP contribution in [0.5, 0.6) is 0 Å². The van der Waals surface area contributed by atoms with Crippen molar-refractivity contribution in [3.8, 4) is 0 Å². The van der Waals surface area contributed by atoms with Crippen LogP contribution >= 0.6 is 0 Å². The van der Waals surface area contributed by atoms with Crippen molar-refractivity contribution in [3.05, 3.63) is 131 Å². The Bertz CT molecular complexity index is 2630. The molecular weight excluding hydrogens is 851 g/mol. The molecule has 11 atom stereocenters. The molecule has 15 heteroatoms. The van der Waals surface area contributed by atoms with Crippen LogP contribution in [0.3, 0.4) is 0 Å². The van der Waals surface area contributed by atoms with E-state index in [1.54, 1.807) is 105 Å². The van der Waals surface area contributed by atoms with Gasteiger partial charge in [-0.15, -0.1) is 0 Å². The number of aliphatic hydroxyl groups is 3. The Balaban J connectivity index is 1.28. The van der Waals surface area contributed by atoms with Gasteiger partial charge >= 0.3 is 23.9 Å². The molecule has 3 aliphatic carbocycles. The summed E-state index contributed by atoms with van der Waals surface area (Å²) in [5, 5.41) is 42.1. The zero-order valence-electron chi connectivity index (χ0n) is 37.4. The van der Waals surface area contributed by atoms with Crippen LogP contribution in [0.2, 0.25) is 0 Å². The predicted octanol–water partition coefficient (Wildman–Crippen LogP) is 4.89. The minimum Gasteiger partial charge on any atom is -0.456 e. The Hall–Kier alpha value is -6.26. The first-order chi connectivity index (χ1) is 31.2. The number of Topliss-reactive ketones (excluding diaryl/α,β-unsaturated/α-hetero) is 1. The molecule has 1 heterocycles. The van der Waals surface area contributed by atoms with E-state index in [1.807, 2.05) is 12.1 Å². The van der Waals surface area contributed by atoms with Gasteiger partial charge < -0.3 is 44.3 Å². The van der Waals surface area contributed by atoms with E-state index in [9.17, 15) is 39.3 Å². The van der Waals surface area contributed by atoms with E-state index in [4.69, 9.17) is 23.7 Å². The lowest BCUT2D eigenvalue weighted by molar-refractivity contribution is -0.346. The molecule has 1 amide bonds. The van der Waals surface area contributed by atoms with Gasteiger partial charge in [-0.05, 0) is 65.6 Å². The normalized spacial score (nSPS) is 30.7. The van der Waals surface area contributed by atoms with E-state index in [0.717, 1.165) is 19.2 Å². The highest BCUT2D eigenvalue weighted by Crippen LogP contribution is 2.64. The van der Waals surface area contributed by atoms with E-state index >= 15 is 4.79 Å². The zero-order chi connectivity index (χ0) is 47.5. The SMILES string of the molecule is CC(=O)OC1C(=O)[C@@]2(C)[C@H]([C@H](OC(=O)c3ccc4ccccc4c3)[C@]3(O)C[C@H](OC(=O)[C@H](O)[C@@H](NC(=O)c4ccccc4)c4ccccc4)C(C)=C1C3(C)C)[C@]1(OC(C)=O)CO[C@@H]1C[C@@H]2O. The Labute approximate surface area is 381 Å². The minimum absolute atomic E-state index is 0.00659. The molecule has 4 aromatic carbocycles. The summed E-state index contributed by atoms with van der Waals surface area (Å²) in [6.07, 6.45) is -10.6. The second kappa shape index (κ2) is 17.2. The molecule has 4 N–H and O–H groups in total. The summed E-state index contributed by atoms with van der Waals surface area (Å²) in [5.74, 6) is -6.88. The summed E-state index contributed by atoms with van der Waals surface area (Å²) in [6.45, 7) is 8.00. The van der Waals surface area contributed by atoms with Crippen LogP contribution in [0.4, 0.5) is 0 Å². The number of amides is 1. The number of aliphatic hydroxyl groups excluding tert-OH is 2. The maximum Gasteiger partial charge on any atom is 0.338 e. The fourth-order valence-corrected chi connectivity index (χ4v) is 10.9. The first-order valence-electron chi connectivity index (χ1n) is 21.9. The summed E-state index contributed by atoms with van der Waals surface area (Å²) in [6, 6.07) is 27.3. The van der Waals surface area contributed by atoms with Gasteiger partial charge in [0, 0.05) is 37.7 Å². The molecule has 1 aliphatic heterocycles. The Morgan fingerprint density at radius 3 is 2.06 bits per heavy atom. The van der Waals surface area contributed by atoms with Gasteiger partial charge in [-0.3, -0.25) is 19.2 Å². The summed E-state index contributed by atoms with van der Waals surface area (Å²) in [7, 11) is 0. The van der Waals surface area contributed by atoms with Crippen molar-refractivity contribution in [1.29, 1.82) is 0 Å². The Kier molecular flexibility index (Phi) is 12.1. The van der Waals surface area contributed by atoms with E-state index in [0.29, 0.717) is 10.9 Å². The number of ether oxygens (including phenoxy) is 5. The highest BCUT2D eigenvalue weighted by atomic mass is 16.6. The van der Waals surface area contributed by atoms with Crippen LogP contribution in [-0.2, 0) is 42.9 Å². The van der Waals surface area contributed by atoms with Crippen LogP contribution < -0.4 is 5.32 Å². The molecule has 0 spiro atoms. The molecule has 2 bridgehead atoms. The molecule has 4 aliphatic rings. The lowest BCUT2D eigenvalue weighted by atomic mass is 9.44. The van der Waals surface area contributed by atoms with Gasteiger partial charge in [0.1, 0.15) is 23.9 Å². The Morgan fingerprint density at radius 1 is 0.803 bits per heavy atom. The number of hydrogen-bond donors (Lipinski definition) is 4. The van der Waals surface area contributed by atoms with Crippen molar-refractivity contribution < 1.29 is 67.8 Å². The average molecular weight is 904 g/mol. The van der Waals surface area contributed by atoms with Crippen LogP contribution in [0.25, 0.3) is 10.8 Å². The van der Waals surface area contributed by atoms with Gasteiger partial charge in [-0.1, -0.05) is 92.7 Å². The quantitative estimate of drug-likeness (QED) is 0.0947. The summed E-state index contributed by atoms with van der Waals surface area (Å²) >= 11 is 0. The van der Waals surface area contributed by atoms with Crippen molar-refractivity contribution >= 4 is 46.3 Å². The molecule has 66 heavy (non-hydrogen) atoms. The maximum absolute atomic E-state index is 15.6. The minimum atomic E-state index is -2.42. The average Bonchev–Trinajstić information content (AvgIpc) is 3.29. The molecule has 346 valence electrons. The first-order valence-corrected chi connectivity index (χ1v) is 21.9. The number of esters is 4. The fourth-order valence-electron chi connectivity index (χ4n) is 10.9. The summed E-state index contributed by atoms with van der Waals surface area (Å²) in [4.78, 5) is 84.4. The second-order valence-corrected chi connectivity index (χ2v) is 18.5. The first kappa shape index (κ1) is 46.3. The molecule has 2 saturated carbocycles. The molecule has 0 aromatic heterocycles. The van der Waals surface area contributed by atoms with Crippen molar-refractivity contribution in [2.75, 3.05) is 6.61 Å². The van der Waals surface area contributed by atoms with Gasteiger partial charge in [0.05, 0.1) is 35.6 Å². The standard InChI is InChI=1S/C51H53NO14/c1-27-35(64-47(60)40(56)39(31-16-9-7-10-17-31)52-45(58)32-18-11-8-12-19-32)25-51(61)44(65-46(59)34-22-21-30-15-13-14-20-33(30)23-34)42-49(6,36(55)24-37-50(42,26-62-37)66-29(3)54)43(57)41(63-28(2)53)38(27)48(51,4)5/h7-23,35-37,39-42,44,55-56,61H,24-26H2,1-6H3,(H,52,58)/t35-,36-,37+,39-,40+,41?,42-,44-,49+,50-,51+/m0/s1. The Morgan fingerprint density at radius 2 is 1.44 bits per heavy atom. The molecule has 0 radical (unpaired) electrons. The smallest absolute Gasteiger partial charge is 0.338 e. The lowest BCUT2D eigenvalue weighted by Crippen LogP contribution is -2.82. The fraction of sp³-hybridized carbons (Fsp3) is 0.412. The number of hydrogen-bond acceptors (Lipinski definition) is 14. The van der Waals surface area contributed by atoms with E-state index in [2.05, 4.69) is 5.32 Å². The van der Waals surface area contributed by atoms with Crippen molar-refractivity contribution in [2.45, 2.75) is 108 Å². The largest absolute Gasteiger partial charge is 0.456 e. The van der Waals surface area contributed by atoms with Gasteiger partial charge in [-0.25, -0.2) is 9.59 Å². The number of rotatable bonds is 10. The molecule has 1 saturated heterocycles. The molecular formula is C51H53NO14. The van der Waals surface area contributed by atoms with Crippen molar-refractivity contribution in [1.82, 2.24) is 5.32 Å². The van der Waals surface area contributed by atoms with E-state index < -0.39 is 113 Å². The maximum atomic E-state index is 15.6. The van der Waals surface area contributed by atoms with Gasteiger partial charge in [0.25, 0.3) is 5.91 Å². The van der Waals surface area contributed by atoms with Crippen molar-refractivity contribution in [3.63, 3.8) is 0 Å². The number of carbonyl (C=O) groups is 6. The number of nitrogens with one attached hydrogen (secondary N) is 1. The van der Waals surface area contributed by atoms with Gasteiger partial charge in [-0.2, -0.15) is 0 Å². The van der Waals surface area contributed by atoms with Crippen LogP contribution in [0, 0.1) is 16.7 Å². The molecule has 1 unspecified atom stereocenters. The molecule has 15 nitrogen and oxygen atoms in total. The zero-order valence-corrected chi connectivity index (χ0v) is 37.4. The molecule has 3 fully saturated rings. The van der Waals surface area contributed by atoms with Gasteiger partial charge in [0.15, 0.2) is 23.6 Å². The third-order valence-corrected chi connectivity index (χ3v) is 14.5. The predicted molar refractivity (Wildman–Crippen MR) is 235 cm³/mol. The van der Waals surface area contributed by atoms with E-state index in [1.165, 1.54) is 13.8 Å². The summed E-state index contributed by atoms with van der Waals surface area (Å²) in [5.41, 5.74) is -7.12. The third kappa shape index (κ3) is 7.57. The summed E-state index contributed by atoms with van der Waals surface area (Å²) < 4.78 is 30.6. The number of carbonyl (C=O) groups excluding carboxylic acids is 6. The number of ketones is 1. The lowest BCUT2D eigenvalue weighted by Gasteiger charge is -2.67. The van der Waals surface area contributed by atoms with Gasteiger partial charge in [0.2, 0.25) is 0 Å². The van der Waals surface area contributed by atoms with Crippen molar-refractivity contribution in [2.24, 2.45) is 16.7 Å².